The Labute approximate surface area is 81.3 Å². The summed E-state index contributed by atoms with van der Waals surface area (Å²) in [7, 11) is 1.35. The van der Waals surface area contributed by atoms with Gasteiger partial charge in [0.15, 0.2) is 0 Å². The van der Waals surface area contributed by atoms with Gasteiger partial charge in [-0.25, -0.2) is 0 Å². The van der Waals surface area contributed by atoms with Gasteiger partial charge in [-0.2, -0.15) is 11.8 Å². The van der Waals surface area contributed by atoms with Gasteiger partial charge < -0.3 is 9.94 Å². The number of oxime groups is 1. The summed E-state index contributed by atoms with van der Waals surface area (Å²) < 4.78 is 4.61. The summed E-state index contributed by atoms with van der Waals surface area (Å²) in [4.78, 5) is 11.2. The molecular weight excluding hydrogens is 190 g/mol. The number of hydrogen-bond acceptors (Lipinski definition) is 5. The fourth-order valence-corrected chi connectivity index (χ4v) is 2.75. The summed E-state index contributed by atoms with van der Waals surface area (Å²) in [5.74, 6) is -0.00824. The van der Waals surface area contributed by atoms with Crippen molar-refractivity contribution in [1.29, 1.82) is 0 Å². The maximum atomic E-state index is 11.2. The molecule has 0 aromatic rings. The van der Waals surface area contributed by atoms with Crippen LogP contribution >= 0.6 is 11.8 Å². The third-order valence-corrected chi connectivity index (χ3v) is 3.63. The number of hydrogen-bond donors (Lipinski definition) is 1. The van der Waals surface area contributed by atoms with Gasteiger partial charge in [-0.05, 0) is 6.42 Å². The molecule has 74 valence electrons. The maximum absolute atomic E-state index is 11.2. The van der Waals surface area contributed by atoms with Crippen LogP contribution in [0.2, 0.25) is 0 Å². The lowest BCUT2D eigenvalue weighted by Gasteiger charge is -2.08. The summed E-state index contributed by atoms with van der Waals surface area (Å²) in [6, 6.07) is 0. The number of carbonyl (C=O) groups is 1. The van der Waals surface area contributed by atoms with Crippen molar-refractivity contribution in [2.75, 3.05) is 12.9 Å². The Morgan fingerprint density at radius 2 is 2.54 bits per heavy atom. The number of rotatable bonds is 2. The molecule has 4 nitrogen and oxygen atoms in total. The Balaban J connectivity index is 2.74. The minimum Gasteiger partial charge on any atom is -0.468 e. The number of esters is 1. The minimum atomic E-state index is -0.357. The number of nitrogens with zero attached hydrogens (tertiary/aromatic N) is 1. The first kappa shape index (κ1) is 10.4. The highest BCUT2D eigenvalue weighted by molar-refractivity contribution is 8.01. The van der Waals surface area contributed by atoms with E-state index in [1.807, 2.05) is 6.92 Å². The lowest BCUT2D eigenvalue weighted by Crippen LogP contribution is -2.27. The smallest absolute Gasteiger partial charge is 0.315 e. The van der Waals surface area contributed by atoms with Crippen molar-refractivity contribution in [2.45, 2.75) is 18.6 Å². The molecule has 0 aromatic carbocycles. The minimum absolute atomic E-state index is 0.161. The highest BCUT2D eigenvalue weighted by Gasteiger charge is 2.37. The summed E-state index contributed by atoms with van der Waals surface area (Å²) in [5, 5.41) is 12.1. The average Bonchev–Trinajstić information content (AvgIpc) is 2.58. The zero-order valence-electron chi connectivity index (χ0n) is 7.69. The first-order chi connectivity index (χ1) is 6.24. The molecule has 13 heavy (non-hydrogen) atoms. The lowest BCUT2D eigenvalue weighted by molar-refractivity contribution is -0.142. The quantitative estimate of drug-likeness (QED) is 0.415. The van der Waals surface area contributed by atoms with E-state index < -0.39 is 0 Å². The largest absolute Gasteiger partial charge is 0.468 e. The van der Waals surface area contributed by atoms with Crippen molar-refractivity contribution in [2.24, 2.45) is 11.1 Å². The molecule has 2 unspecified atom stereocenters. The predicted octanol–water partition coefficient (Wildman–Crippen LogP) is 1.13. The lowest BCUT2D eigenvalue weighted by atomic mass is 10.0. The van der Waals surface area contributed by atoms with Crippen LogP contribution in [-0.4, -0.2) is 35.0 Å². The number of ether oxygens (including phenoxy) is 1. The predicted molar refractivity (Wildman–Crippen MR) is 51.3 cm³/mol. The standard InChI is InChI=1S/C8H13NO3S/c1-3-6-7(9-11)5(4-13-6)8(10)12-2/h5-6,11H,3-4H2,1-2H3/b9-7-. The van der Waals surface area contributed by atoms with Crippen LogP contribution in [0.1, 0.15) is 13.3 Å². The van der Waals surface area contributed by atoms with Gasteiger partial charge in [-0.3, -0.25) is 4.79 Å². The van der Waals surface area contributed by atoms with E-state index in [0.29, 0.717) is 11.5 Å². The fourth-order valence-electron chi connectivity index (χ4n) is 1.40. The third kappa shape index (κ3) is 1.96. The van der Waals surface area contributed by atoms with Crippen molar-refractivity contribution in [3.05, 3.63) is 0 Å². The molecule has 0 spiro atoms. The van der Waals surface area contributed by atoms with Gasteiger partial charge in [0.1, 0.15) is 5.92 Å². The Kier molecular flexibility index (Phi) is 3.59. The molecule has 0 saturated carbocycles. The molecular formula is C8H13NO3S. The molecule has 0 radical (unpaired) electrons. The zero-order chi connectivity index (χ0) is 9.84. The Morgan fingerprint density at radius 3 is 3.00 bits per heavy atom. The molecule has 0 bridgehead atoms. The van der Waals surface area contributed by atoms with Gasteiger partial charge in [-0.1, -0.05) is 12.1 Å². The molecule has 0 amide bonds. The number of carbonyl (C=O) groups excluding carboxylic acids is 1. The van der Waals surface area contributed by atoms with Crippen LogP contribution < -0.4 is 0 Å². The van der Waals surface area contributed by atoms with Crippen LogP contribution in [0.3, 0.4) is 0 Å². The first-order valence-corrected chi connectivity index (χ1v) is 5.20. The van der Waals surface area contributed by atoms with Crippen molar-refractivity contribution in [1.82, 2.24) is 0 Å². The molecule has 0 aliphatic carbocycles. The number of methoxy groups -OCH3 is 1. The van der Waals surface area contributed by atoms with Crippen LogP contribution in [-0.2, 0) is 9.53 Å². The van der Waals surface area contributed by atoms with Crippen molar-refractivity contribution >= 4 is 23.4 Å². The summed E-state index contributed by atoms with van der Waals surface area (Å²) in [5.41, 5.74) is 0.555. The molecule has 5 heteroatoms. The molecule has 1 heterocycles. The monoisotopic (exact) mass is 203 g/mol. The highest BCUT2D eigenvalue weighted by atomic mass is 32.2. The molecule has 0 aromatic heterocycles. The third-order valence-electron chi connectivity index (χ3n) is 2.12. The van der Waals surface area contributed by atoms with Crippen molar-refractivity contribution in [3.8, 4) is 0 Å². The van der Waals surface area contributed by atoms with E-state index in [0.717, 1.165) is 6.42 Å². The Hall–Kier alpha value is -0.710. The van der Waals surface area contributed by atoms with E-state index >= 15 is 0 Å². The van der Waals surface area contributed by atoms with Crippen LogP contribution in [0.15, 0.2) is 5.16 Å². The summed E-state index contributed by atoms with van der Waals surface area (Å²) >= 11 is 1.64. The zero-order valence-corrected chi connectivity index (χ0v) is 8.50. The van der Waals surface area contributed by atoms with Crippen molar-refractivity contribution in [3.63, 3.8) is 0 Å². The second-order valence-electron chi connectivity index (χ2n) is 2.83. The van der Waals surface area contributed by atoms with Gasteiger partial charge in [0, 0.05) is 11.0 Å². The van der Waals surface area contributed by atoms with Crippen LogP contribution in [0.4, 0.5) is 0 Å². The molecule has 2 atom stereocenters. The maximum Gasteiger partial charge on any atom is 0.315 e. The average molecular weight is 203 g/mol. The van der Waals surface area contributed by atoms with E-state index in [1.54, 1.807) is 11.8 Å². The fraction of sp³-hybridized carbons (Fsp3) is 0.750. The molecule has 1 saturated heterocycles. The normalized spacial score (nSPS) is 30.8. The molecule has 1 N–H and O–H groups in total. The van der Waals surface area contributed by atoms with Gasteiger partial charge in [-0.15, -0.1) is 0 Å². The summed E-state index contributed by atoms with van der Waals surface area (Å²) in [6.45, 7) is 2.00. The van der Waals surface area contributed by atoms with Crippen LogP contribution in [0, 0.1) is 5.92 Å². The molecule has 1 aliphatic rings. The molecule has 1 aliphatic heterocycles. The van der Waals surface area contributed by atoms with Gasteiger partial charge in [0.25, 0.3) is 0 Å². The Bertz CT molecular complexity index is 229. The van der Waals surface area contributed by atoms with E-state index in [1.165, 1.54) is 7.11 Å². The van der Waals surface area contributed by atoms with Crippen molar-refractivity contribution < 1.29 is 14.7 Å². The van der Waals surface area contributed by atoms with E-state index in [4.69, 9.17) is 5.21 Å². The first-order valence-electron chi connectivity index (χ1n) is 4.15. The van der Waals surface area contributed by atoms with Crippen LogP contribution in [0.25, 0.3) is 0 Å². The summed E-state index contributed by atoms with van der Waals surface area (Å²) in [6.07, 6.45) is 0.873. The van der Waals surface area contributed by atoms with E-state index in [2.05, 4.69) is 9.89 Å². The highest BCUT2D eigenvalue weighted by Crippen LogP contribution is 2.31. The van der Waals surface area contributed by atoms with Crippen LogP contribution in [0.5, 0.6) is 0 Å². The van der Waals surface area contributed by atoms with E-state index in [9.17, 15) is 4.79 Å². The van der Waals surface area contributed by atoms with E-state index in [-0.39, 0.29) is 17.1 Å². The topological polar surface area (TPSA) is 58.9 Å². The van der Waals surface area contributed by atoms with Gasteiger partial charge >= 0.3 is 5.97 Å². The molecule has 1 fully saturated rings. The molecule has 1 rings (SSSR count). The van der Waals surface area contributed by atoms with Gasteiger partial charge in [0.05, 0.1) is 12.8 Å². The van der Waals surface area contributed by atoms with Gasteiger partial charge in [0.2, 0.25) is 0 Å². The SMILES string of the molecule is CCC1SCC(C(=O)OC)/C1=N/O. The Morgan fingerprint density at radius 1 is 1.85 bits per heavy atom. The second-order valence-corrected chi connectivity index (χ2v) is 4.07. The number of thioether (sulfide) groups is 1. The second kappa shape index (κ2) is 4.50.